The second kappa shape index (κ2) is 11.4. The Kier molecular flexibility index (Phi) is 8.58. The van der Waals surface area contributed by atoms with Gasteiger partial charge in [0.15, 0.2) is 5.96 Å². The first-order chi connectivity index (χ1) is 14.2. The van der Waals surface area contributed by atoms with Crippen LogP contribution in [-0.4, -0.2) is 82.4 Å². The van der Waals surface area contributed by atoms with Crippen molar-refractivity contribution in [1.29, 1.82) is 0 Å². The van der Waals surface area contributed by atoms with Gasteiger partial charge in [-0.2, -0.15) is 0 Å². The van der Waals surface area contributed by atoms with Crippen LogP contribution in [0.3, 0.4) is 0 Å². The maximum atomic E-state index is 6.14. The van der Waals surface area contributed by atoms with Gasteiger partial charge in [-0.15, -0.1) is 0 Å². The summed E-state index contributed by atoms with van der Waals surface area (Å²) < 4.78 is 10.7. The van der Waals surface area contributed by atoms with Crippen LogP contribution in [0.2, 0.25) is 0 Å². The molecule has 2 unspecified atom stereocenters. The SMILES string of the molecule is COc1ccc(C2C(CN=C(N)NCCCN3CCOCC3)CCCN2C)cc1. The van der Waals surface area contributed by atoms with Crippen molar-refractivity contribution in [2.45, 2.75) is 25.3 Å². The number of aliphatic imine (C=N–C) groups is 1. The highest BCUT2D eigenvalue weighted by atomic mass is 16.5. The number of morpholine rings is 1. The second-order valence-corrected chi connectivity index (χ2v) is 8.06. The summed E-state index contributed by atoms with van der Waals surface area (Å²) in [6.45, 7) is 7.58. The number of benzene rings is 1. The Morgan fingerprint density at radius 2 is 2.00 bits per heavy atom. The molecule has 0 spiro atoms. The van der Waals surface area contributed by atoms with Crippen LogP contribution in [0.5, 0.6) is 5.75 Å². The second-order valence-electron chi connectivity index (χ2n) is 8.06. The third-order valence-electron chi connectivity index (χ3n) is 6.02. The predicted octanol–water partition coefficient (Wildman–Crippen LogP) is 1.70. The van der Waals surface area contributed by atoms with Gasteiger partial charge in [0.05, 0.1) is 20.3 Å². The average molecular weight is 404 g/mol. The largest absolute Gasteiger partial charge is 0.497 e. The molecule has 7 nitrogen and oxygen atoms in total. The van der Waals surface area contributed by atoms with E-state index in [0.717, 1.165) is 64.7 Å². The van der Waals surface area contributed by atoms with Crippen LogP contribution in [0.1, 0.15) is 30.9 Å². The molecule has 2 aliphatic heterocycles. The molecule has 29 heavy (non-hydrogen) atoms. The van der Waals surface area contributed by atoms with E-state index in [1.807, 2.05) is 12.1 Å². The number of guanidine groups is 1. The minimum atomic E-state index is 0.368. The maximum Gasteiger partial charge on any atom is 0.188 e. The van der Waals surface area contributed by atoms with E-state index in [0.29, 0.717) is 17.9 Å². The zero-order valence-electron chi connectivity index (χ0n) is 18.0. The lowest BCUT2D eigenvalue weighted by molar-refractivity contribution is 0.0376. The van der Waals surface area contributed by atoms with Gasteiger partial charge in [-0.3, -0.25) is 14.8 Å². The molecule has 2 atom stereocenters. The van der Waals surface area contributed by atoms with Gasteiger partial charge in [-0.25, -0.2) is 0 Å². The van der Waals surface area contributed by atoms with Gasteiger partial charge in [-0.1, -0.05) is 12.1 Å². The summed E-state index contributed by atoms with van der Waals surface area (Å²) in [4.78, 5) is 9.56. The topological polar surface area (TPSA) is 75.3 Å². The van der Waals surface area contributed by atoms with Gasteiger partial charge in [0.1, 0.15) is 5.75 Å². The molecular weight excluding hydrogens is 366 g/mol. The number of ether oxygens (including phenoxy) is 2. The number of rotatable bonds is 8. The van der Waals surface area contributed by atoms with Gasteiger partial charge in [0.25, 0.3) is 0 Å². The minimum Gasteiger partial charge on any atom is -0.497 e. The highest BCUT2D eigenvalue weighted by Crippen LogP contribution is 2.35. The summed E-state index contributed by atoms with van der Waals surface area (Å²) in [5, 5.41) is 3.28. The molecule has 7 heteroatoms. The van der Waals surface area contributed by atoms with Crippen molar-refractivity contribution in [3.05, 3.63) is 29.8 Å². The Bertz CT molecular complexity index is 631. The fourth-order valence-electron chi connectivity index (χ4n) is 4.39. The third kappa shape index (κ3) is 6.59. The molecule has 1 aromatic rings. The molecular formula is C22H37N5O2. The van der Waals surface area contributed by atoms with E-state index in [1.165, 1.54) is 18.4 Å². The third-order valence-corrected chi connectivity index (χ3v) is 6.02. The molecule has 3 rings (SSSR count). The molecule has 162 valence electrons. The molecule has 2 saturated heterocycles. The molecule has 0 aliphatic carbocycles. The molecule has 2 fully saturated rings. The van der Waals surface area contributed by atoms with Gasteiger partial charge >= 0.3 is 0 Å². The van der Waals surface area contributed by atoms with Gasteiger partial charge in [0.2, 0.25) is 0 Å². The first kappa shape index (κ1) is 21.9. The van der Waals surface area contributed by atoms with Crippen molar-refractivity contribution in [3.63, 3.8) is 0 Å². The highest BCUT2D eigenvalue weighted by Gasteiger charge is 2.30. The van der Waals surface area contributed by atoms with Crippen molar-refractivity contribution < 1.29 is 9.47 Å². The summed E-state index contributed by atoms with van der Waals surface area (Å²) in [6, 6.07) is 8.81. The highest BCUT2D eigenvalue weighted by molar-refractivity contribution is 5.77. The first-order valence-corrected chi connectivity index (χ1v) is 10.9. The van der Waals surface area contributed by atoms with Crippen LogP contribution in [-0.2, 0) is 4.74 Å². The van der Waals surface area contributed by atoms with Crippen LogP contribution in [0, 0.1) is 5.92 Å². The maximum absolute atomic E-state index is 6.14. The van der Waals surface area contributed by atoms with Crippen LogP contribution in [0.4, 0.5) is 0 Å². The number of nitrogens with two attached hydrogens (primary N) is 1. The number of methoxy groups -OCH3 is 1. The first-order valence-electron chi connectivity index (χ1n) is 10.9. The summed E-state index contributed by atoms with van der Waals surface area (Å²) in [6.07, 6.45) is 3.45. The molecule has 3 N–H and O–H groups in total. The Morgan fingerprint density at radius 3 is 2.72 bits per heavy atom. The molecule has 2 aliphatic rings. The number of hydrogen-bond acceptors (Lipinski definition) is 5. The lowest BCUT2D eigenvalue weighted by atomic mass is 9.85. The van der Waals surface area contributed by atoms with Crippen LogP contribution in [0.25, 0.3) is 0 Å². The molecule has 0 aromatic heterocycles. The average Bonchev–Trinajstić information content (AvgIpc) is 2.76. The van der Waals surface area contributed by atoms with E-state index < -0.39 is 0 Å². The quantitative estimate of drug-likeness (QED) is 0.391. The molecule has 0 saturated carbocycles. The number of piperidine rings is 1. The normalized spacial score (nSPS) is 24.4. The fraction of sp³-hybridized carbons (Fsp3) is 0.682. The van der Waals surface area contributed by atoms with E-state index in [4.69, 9.17) is 15.2 Å². The van der Waals surface area contributed by atoms with Crippen molar-refractivity contribution in [2.24, 2.45) is 16.6 Å². The van der Waals surface area contributed by atoms with Gasteiger partial charge < -0.3 is 20.5 Å². The summed E-state index contributed by atoms with van der Waals surface area (Å²) >= 11 is 0. The number of nitrogens with zero attached hydrogens (tertiary/aromatic N) is 3. The summed E-state index contributed by atoms with van der Waals surface area (Å²) in [5.41, 5.74) is 7.47. The summed E-state index contributed by atoms with van der Waals surface area (Å²) in [5.74, 6) is 1.93. The Morgan fingerprint density at radius 1 is 1.24 bits per heavy atom. The van der Waals surface area contributed by atoms with E-state index >= 15 is 0 Å². The number of nitrogens with one attached hydrogen (secondary N) is 1. The van der Waals surface area contributed by atoms with Crippen molar-refractivity contribution in [2.75, 3.05) is 66.6 Å². The monoisotopic (exact) mass is 403 g/mol. The van der Waals surface area contributed by atoms with E-state index in [-0.39, 0.29) is 0 Å². The van der Waals surface area contributed by atoms with Crippen LogP contribution < -0.4 is 15.8 Å². The number of hydrogen-bond donors (Lipinski definition) is 2. The zero-order valence-corrected chi connectivity index (χ0v) is 18.0. The van der Waals surface area contributed by atoms with Crippen LogP contribution in [0.15, 0.2) is 29.3 Å². The molecule has 0 amide bonds. The Labute approximate surface area is 175 Å². The Hall–Kier alpha value is -1.83. The predicted molar refractivity (Wildman–Crippen MR) is 117 cm³/mol. The zero-order chi connectivity index (χ0) is 20.5. The summed E-state index contributed by atoms with van der Waals surface area (Å²) in [7, 11) is 3.91. The molecule has 0 radical (unpaired) electrons. The standard InChI is InChI=1S/C22H37N5O2/c1-26-11-3-5-19(21(26)18-6-8-20(28-2)9-7-18)17-25-22(23)24-10-4-12-27-13-15-29-16-14-27/h6-9,19,21H,3-5,10-17H2,1-2H3,(H3,23,24,25). The van der Waals surface area contributed by atoms with E-state index in [1.54, 1.807) is 7.11 Å². The fourth-order valence-corrected chi connectivity index (χ4v) is 4.39. The number of likely N-dealkylation sites (tertiary alicyclic amines) is 1. The van der Waals surface area contributed by atoms with E-state index in [9.17, 15) is 0 Å². The van der Waals surface area contributed by atoms with Crippen molar-refractivity contribution in [1.82, 2.24) is 15.1 Å². The lowest BCUT2D eigenvalue weighted by Gasteiger charge is -2.39. The van der Waals surface area contributed by atoms with Gasteiger partial charge in [-0.05, 0) is 63.0 Å². The van der Waals surface area contributed by atoms with Crippen LogP contribution >= 0.6 is 0 Å². The molecule has 0 bridgehead atoms. The Balaban J connectivity index is 1.48. The van der Waals surface area contributed by atoms with E-state index in [2.05, 4.69) is 39.3 Å². The molecule has 2 heterocycles. The van der Waals surface area contributed by atoms with Crippen molar-refractivity contribution in [3.8, 4) is 5.75 Å². The molecule has 1 aromatic carbocycles. The lowest BCUT2D eigenvalue weighted by Crippen LogP contribution is -2.40. The minimum absolute atomic E-state index is 0.368. The van der Waals surface area contributed by atoms with Gasteiger partial charge in [0, 0.05) is 32.2 Å². The smallest absolute Gasteiger partial charge is 0.188 e. The van der Waals surface area contributed by atoms with Crippen molar-refractivity contribution >= 4 is 5.96 Å².